The van der Waals surface area contributed by atoms with E-state index in [2.05, 4.69) is 11.1 Å². The Hall–Kier alpha value is -2.87. The number of nitriles is 1. The van der Waals surface area contributed by atoms with E-state index in [4.69, 9.17) is 10.00 Å². The van der Waals surface area contributed by atoms with Crippen LogP contribution in [0.1, 0.15) is 16.8 Å². The molecule has 23 heavy (non-hydrogen) atoms. The molecule has 1 aliphatic heterocycles. The van der Waals surface area contributed by atoms with E-state index in [1.54, 1.807) is 35.4 Å². The highest BCUT2D eigenvalue weighted by Gasteiger charge is 2.32. The van der Waals surface area contributed by atoms with Crippen molar-refractivity contribution in [2.24, 2.45) is 0 Å². The van der Waals surface area contributed by atoms with Crippen LogP contribution in [-0.4, -0.2) is 35.0 Å². The van der Waals surface area contributed by atoms with Gasteiger partial charge >= 0.3 is 0 Å². The molecular weight excluding hydrogens is 290 g/mol. The van der Waals surface area contributed by atoms with Crippen LogP contribution in [0, 0.1) is 18.3 Å². The lowest BCUT2D eigenvalue weighted by Gasteiger charge is -2.39. The van der Waals surface area contributed by atoms with Gasteiger partial charge in [-0.1, -0.05) is 6.07 Å². The van der Waals surface area contributed by atoms with Crippen molar-refractivity contribution in [1.29, 1.82) is 5.26 Å². The molecule has 5 nitrogen and oxygen atoms in total. The quantitative estimate of drug-likeness (QED) is 0.867. The average molecular weight is 307 g/mol. The summed E-state index contributed by atoms with van der Waals surface area (Å²) in [5.74, 6) is 0.819. The van der Waals surface area contributed by atoms with Crippen LogP contribution in [0.3, 0.4) is 0 Å². The Morgan fingerprint density at radius 3 is 2.65 bits per heavy atom. The molecule has 116 valence electrons. The normalized spacial score (nSPS) is 14.0. The van der Waals surface area contributed by atoms with Crippen molar-refractivity contribution < 1.29 is 9.53 Å². The number of pyridine rings is 1. The summed E-state index contributed by atoms with van der Waals surface area (Å²) < 4.78 is 5.78. The van der Waals surface area contributed by atoms with E-state index in [1.165, 1.54) is 0 Å². The third-order valence-electron chi connectivity index (χ3n) is 3.81. The lowest BCUT2D eigenvalue weighted by molar-refractivity contribution is -0.139. The lowest BCUT2D eigenvalue weighted by Crippen LogP contribution is -2.56. The molecule has 0 bridgehead atoms. The highest BCUT2D eigenvalue weighted by molar-refractivity contribution is 5.79. The summed E-state index contributed by atoms with van der Waals surface area (Å²) in [6.07, 6.45) is 2.14. The number of ether oxygens (including phenoxy) is 1. The SMILES string of the molecule is Cc1ccc(CC(=O)N2CC(Oc3ccc(C#N)cc3)C2)cn1. The minimum absolute atomic E-state index is 0.0167. The fraction of sp³-hybridized carbons (Fsp3) is 0.278. The number of hydrogen-bond acceptors (Lipinski definition) is 4. The Balaban J connectivity index is 1.47. The number of carbonyl (C=O) groups excluding carboxylic acids is 1. The van der Waals surface area contributed by atoms with Gasteiger partial charge in [-0.2, -0.15) is 5.26 Å². The summed E-state index contributed by atoms with van der Waals surface area (Å²) >= 11 is 0. The van der Waals surface area contributed by atoms with Crippen molar-refractivity contribution in [1.82, 2.24) is 9.88 Å². The second kappa shape index (κ2) is 6.49. The van der Waals surface area contributed by atoms with Crippen molar-refractivity contribution in [3.05, 3.63) is 59.4 Å². The second-order valence-electron chi connectivity index (χ2n) is 5.66. The number of hydrogen-bond donors (Lipinski definition) is 0. The number of aryl methyl sites for hydroxylation is 1. The van der Waals surface area contributed by atoms with E-state index >= 15 is 0 Å². The van der Waals surface area contributed by atoms with Crippen LogP contribution in [-0.2, 0) is 11.2 Å². The molecule has 1 fully saturated rings. The number of amides is 1. The first kappa shape index (κ1) is 15.0. The Morgan fingerprint density at radius 2 is 2.04 bits per heavy atom. The Labute approximate surface area is 135 Å². The molecule has 0 atom stereocenters. The topological polar surface area (TPSA) is 66.2 Å². The zero-order valence-electron chi connectivity index (χ0n) is 12.9. The lowest BCUT2D eigenvalue weighted by atomic mass is 10.1. The summed E-state index contributed by atoms with van der Waals surface area (Å²) in [6, 6.07) is 12.9. The van der Waals surface area contributed by atoms with Gasteiger partial charge in [0.25, 0.3) is 0 Å². The van der Waals surface area contributed by atoms with Crippen LogP contribution >= 0.6 is 0 Å². The molecule has 1 aromatic heterocycles. The highest BCUT2D eigenvalue weighted by atomic mass is 16.5. The summed E-state index contributed by atoms with van der Waals surface area (Å²) in [7, 11) is 0. The van der Waals surface area contributed by atoms with Crippen LogP contribution in [0.25, 0.3) is 0 Å². The Morgan fingerprint density at radius 1 is 1.30 bits per heavy atom. The van der Waals surface area contributed by atoms with Crippen LogP contribution < -0.4 is 4.74 Å². The molecule has 1 aromatic carbocycles. The van der Waals surface area contributed by atoms with Crippen molar-refractivity contribution in [2.45, 2.75) is 19.4 Å². The van der Waals surface area contributed by atoms with Gasteiger partial charge < -0.3 is 9.64 Å². The summed E-state index contributed by atoms with van der Waals surface area (Å²) in [6.45, 7) is 3.11. The minimum Gasteiger partial charge on any atom is -0.487 e. The fourth-order valence-electron chi connectivity index (χ4n) is 2.41. The Bertz CT molecular complexity index is 726. The van der Waals surface area contributed by atoms with Gasteiger partial charge in [-0.05, 0) is 42.8 Å². The largest absolute Gasteiger partial charge is 0.487 e. The maximum Gasteiger partial charge on any atom is 0.227 e. The minimum atomic E-state index is 0.0167. The molecule has 0 saturated carbocycles. The van der Waals surface area contributed by atoms with E-state index in [9.17, 15) is 4.79 Å². The molecule has 2 aromatic rings. The van der Waals surface area contributed by atoms with E-state index in [-0.39, 0.29) is 12.0 Å². The zero-order valence-corrected chi connectivity index (χ0v) is 12.9. The third-order valence-corrected chi connectivity index (χ3v) is 3.81. The van der Waals surface area contributed by atoms with E-state index in [0.29, 0.717) is 25.1 Å². The van der Waals surface area contributed by atoms with Gasteiger partial charge in [0.1, 0.15) is 11.9 Å². The summed E-state index contributed by atoms with van der Waals surface area (Å²) in [5, 5.41) is 8.76. The first-order valence-corrected chi connectivity index (χ1v) is 7.50. The molecule has 0 spiro atoms. The van der Waals surface area contributed by atoms with Gasteiger partial charge in [-0.15, -0.1) is 0 Å². The van der Waals surface area contributed by atoms with Crippen LogP contribution in [0.15, 0.2) is 42.6 Å². The number of benzene rings is 1. The molecule has 0 aliphatic carbocycles. The van der Waals surface area contributed by atoms with E-state index < -0.39 is 0 Å². The number of likely N-dealkylation sites (tertiary alicyclic amines) is 1. The van der Waals surface area contributed by atoms with E-state index in [0.717, 1.165) is 17.0 Å². The molecule has 0 radical (unpaired) electrons. The molecule has 2 heterocycles. The molecule has 0 unspecified atom stereocenters. The maximum absolute atomic E-state index is 12.2. The van der Waals surface area contributed by atoms with Gasteiger partial charge in [0.05, 0.1) is 31.1 Å². The van der Waals surface area contributed by atoms with Crippen molar-refractivity contribution in [2.75, 3.05) is 13.1 Å². The van der Waals surface area contributed by atoms with Gasteiger partial charge in [-0.3, -0.25) is 9.78 Å². The third kappa shape index (κ3) is 3.67. The number of carbonyl (C=O) groups is 1. The highest BCUT2D eigenvalue weighted by Crippen LogP contribution is 2.19. The van der Waals surface area contributed by atoms with E-state index in [1.807, 2.05) is 19.1 Å². The first-order chi connectivity index (χ1) is 11.1. The van der Waals surface area contributed by atoms with Crippen LogP contribution in [0.5, 0.6) is 5.75 Å². The molecule has 5 heteroatoms. The van der Waals surface area contributed by atoms with Crippen LogP contribution in [0.4, 0.5) is 0 Å². The molecule has 1 aliphatic rings. The van der Waals surface area contributed by atoms with Gasteiger partial charge in [-0.25, -0.2) is 0 Å². The number of rotatable bonds is 4. The van der Waals surface area contributed by atoms with Gasteiger partial charge in [0, 0.05) is 11.9 Å². The standard InChI is InChI=1S/C18H17N3O2/c1-13-2-3-15(10-20-13)8-18(22)21-11-17(12-21)23-16-6-4-14(9-19)5-7-16/h2-7,10,17H,8,11-12H2,1H3. The second-order valence-corrected chi connectivity index (χ2v) is 5.66. The molecule has 3 rings (SSSR count). The number of nitrogens with zero attached hydrogens (tertiary/aromatic N) is 3. The molecule has 1 saturated heterocycles. The average Bonchev–Trinajstić information content (AvgIpc) is 2.53. The predicted octanol–water partition coefficient (Wildman–Crippen LogP) is 2.09. The number of aromatic nitrogens is 1. The van der Waals surface area contributed by atoms with Crippen molar-refractivity contribution in [3.8, 4) is 11.8 Å². The molecule has 0 N–H and O–H groups in total. The molecular formula is C18H17N3O2. The predicted molar refractivity (Wildman–Crippen MR) is 84.8 cm³/mol. The van der Waals surface area contributed by atoms with Crippen molar-refractivity contribution >= 4 is 5.91 Å². The van der Waals surface area contributed by atoms with Gasteiger partial charge in [0.2, 0.25) is 5.91 Å². The van der Waals surface area contributed by atoms with Crippen molar-refractivity contribution in [3.63, 3.8) is 0 Å². The smallest absolute Gasteiger partial charge is 0.227 e. The Kier molecular flexibility index (Phi) is 4.24. The molecule has 1 amide bonds. The maximum atomic E-state index is 12.2. The van der Waals surface area contributed by atoms with Crippen LogP contribution in [0.2, 0.25) is 0 Å². The monoisotopic (exact) mass is 307 g/mol. The van der Waals surface area contributed by atoms with Gasteiger partial charge in [0.15, 0.2) is 0 Å². The summed E-state index contributed by atoms with van der Waals surface area (Å²) in [5.41, 5.74) is 2.48. The first-order valence-electron chi connectivity index (χ1n) is 7.50. The summed E-state index contributed by atoms with van der Waals surface area (Å²) in [4.78, 5) is 18.2. The zero-order chi connectivity index (χ0) is 16.2. The fourth-order valence-corrected chi connectivity index (χ4v) is 2.41.